The van der Waals surface area contributed by atoms with E-state index >= 15 is 0 Å². The molecule has 1 N–H and O–H groups in total. The average molecular weight is 372 g/mol. The van der Waals surface area contributed by atoms with Crippen molar-refractivity contribution in [3.63, 3.8) is 0 Å². The second-order valence-corrected chi connectivity index (χ2v) is 6.44. The Kier molecular flexibility index (Phi) is 4.48. The fourth-order valence-corrected chi connectivity index (χ4v) is 2.89. The Hall–Kier alpha value is -2.14. The molecule has 4 nitrogen and oxygen atoms in total. The first-order valence-electron chi connectivity index (χ1n) is 7.53. The van der Waals surface area contributed by atoms with Crippen LogP contribution in [0.5, 0.6) is 0 Å². The van der Waals surface area contributed by atoms with E-state index in [1.807, 2.05) is 60.8 Å². The number of rotatable bonds is 4. The fraction of sp³-hybridized carbons (Fsp3) is 0.222. The maximum atomic E-state index is 12.2. The third-order valence-corrected chi connectivity index (χ3v) is 4.75. The van der Waals surface area contributed by atoms with Gasteiger partial charge < -0.3 is 9.72 Å². The maximum absolute atomic E-state index is 12.2. The number of imidazole rings is 1. The standard InChI is InChI=1S/C18H18BrN3O/c1-12-11-14(6-7-15(12)19)21-18(23)9-8-16-13(2)20-17-5-3-4-10-22(16)17/h3-7,10-11H,8-9H2,1-2H3,(H,21,23). The van der Waals surface area contributed by atoms with Crippen molar-refractivity contribution >= 4 is 33.2 Å². The molecule has 0 aliphatic rings. The van der Waals surface area contributed by atoms with Crippen molar-refractivity contribution in [2.75, 3.05) is 5.32 Å². The average Bonchev–Trinajstić information content (AvgIpc) is 2.84. The van der Waals surface area contributed by atoms with Gasteiger partial charge >= 0.3 is 0 Å². The van der Waals surface area contributed by atoms with Crippen molar-refractivity contribution in [1.29, 1.82) is 0 Å². The Balaban J connectivity index is 1.68. The molecule has 118 valence electrons. The molecular formula is C18H18BrN3O. The predicted octanol–water partition coefficient (Wildman–Crippen LogP) is 4.28. The van der Waals surface area contributed by atoms with Crippen molar-refractivity contribution in [3.05, 3.63) is 64.0 Å². The van der Waals surface area contributed by atoms with Gasteiger partial charge in [0.1, 0.15) is 5.65 Å². The van der Waals surface area contributed by atoms with E-state index in [-0.39, 0.29) is 5.91 Å². The van der Waals surface area contributed by atoms with Crippen LogP contribution in [-0.4, -0.2) is 15.3 Å². The summed E-state index contributed by atoms with van der Waals surface area (Å²) in [5, 5.41) is 2.95. The van der Waals surface area contributed by atoms with Crippen LogP contribution in [0.15, 0.2) is 47.1 Å². The number of carbonyl (C=O) groups is 1. The molecule has 0 radical (unpaired) electrons. The number of anilines is 1. The zero-order chi connectivity index (χ0) is 16.4. The fourth-order valence-electron chi connectivity index (χ4n) is 2.64. The normalized spacial score (nSPS) is 10.9. The van der Waals surface area contributed by atoms with Gasteiger partial charge in [0.15, 0.2) is 0 Å². The second-order valence-electron chi connectivity index (χ2n) is 5.58. The summed E-state index contributed by atoms with van der Waals surface area (Å²) >= 11 is 3.46. The molecule has 0 fully saturated rings. The zero-order valence-electron chi connectivity index (χ0n) is 13.1. The first-order valence-corrected chi connectivity index (χ1v) is 8.32. The lowest BCUT2D eigenvalue weighted by molar-refractivity contribution is -0.116. The van der Waals surface area contributed by atoms with Gasteiger partial charge in [-0.3, -0.25) is 4.79 Å². The van der Waals surface area contributed by atoms with Crippen LogP contribution in [-0.2, 0) is 11.2 Å². The third-order valence-electron chi connectivity index (χ3n) is 3.86. The van der Waals surface area contributed by atoms with Crippen LogP contribution in [0.1, 0.15) is 23.4 Å². The zero-order valence-corrected chi connectivity index (χ0v) is 14.7. The number of benzene rings is 1. The molecule has 23 heavy (non-hydrogen) atoms. The third kappa shape index (κ3) is 3.45. The number of aryl methyl sites for hydroxylation is 3. The van der Waals surface area contributed by atoms with E-state index in [4.69, 9.17) is 0 Å². The lowest BCUT2D eigenvalue weighted by Crippen LogP contribution is -2.13. The van der Waals surface area contributed by atoms with Gasteiger partial charge in [-0.2, -0.15) is 0 Å². The minimum Gasteiger partial charge on any atom is -0.326 e. The highest BCUT2D eigenvalue weighted by Gasteiger charge is 2.11. The molecule has 0 aliphatic carbocycles. The van der Waals surface area contributed by atoms with Gasteiger partial charge in [0.25, 0.3) is 0 Å². The first-order chi connectivity index (χ1) is 11.0. The first kappa shape index (κ1) is 15.7. The van der Waals surface area contributed by atoms with E-state index in [2.05, 4.69) is 26.2 Å². The molecule has 1 aromatic carbocycles. The van der Waals surface area contributed by atoms with Gasteiger partial charge in [0.2, 0.25) is 5.91 Å². The van der Waals surface area contributed by atoms with Crippen molar-refractivity contribution in [3.8, 4) is 0 Å². The van der Waals surface area contributed by atoms with Crippen molar-refractivity contribution in [1.82, 2.24) is 9.38 Å². The molecule has 2 heterocycles. The number of aromatic nitrogens is 2. The largest absolute Gasteiger partial charge is 0.326 e. The van der Waals surface area contributed by atoms with Crippen LogP contribution in [0.4, 0.5) is 5.69 Å². The molecular weight excluding hydrogens is 354 g/mol. The minimum atomic E-state index is 0.0111. The number of nitrogens with one attached hydrogen (secondary N) is 1. The quantitative estimate of drug-likeness (QED) is 0.743. The van der Waals surface area contributed by atoms with Crippen LogP contribution in [0.2, 0.25) is 0 Å². The summed E-state index contributed by atoms with van der Waals surface area (Å²) in [6, 6.07) is 11.7. The van der Waals surface area contributed by atoms with E-state index in [0.717, 1.165) is 32.8 Å². The smallest absolute Gasteiger partial charge is 0.224 e. The number of nitrogens with zero attached hydrogens (tertiary/aromatic N) is 2. The van der Waals surface area contributed by atoms with Gasteiger partial charge in [-0.1, -0.05) is 22.0 Å². The molecule has 0 saturated carbocycles. The van der Waals surface area contributed by atoms with Crippen molar-refractivity contribution < 1.29 is 4.79 Å². The summed E-state index contributed by atoms with van der Waals surface area (Å²) in [4.78, 5) is 16.7. The Labute approximate surface area is 143 Å². The highest BCUT2D eigenvalue weighted by atomic mass is 79.9. The highest BCUT2D eigenvalue weighted by molar-refractivity contribution is 9.10. The van der Waals surface area contributed by atoms with Gasteiger partial charge in [-0.05, 0) is 56.2 Å². The number of fused-ring (bicyclic) bond motifs is 1. The van der Waals surface area contributed by atoms with Gasteiger partial charge in [-0.25, -0.2) is 4.98 Å². The number of amides is 1. The van der Waals surface area contributed by atoms with Crippen LogP contribution in [0, 0.1) is 13.8 Å². The van der Waals surface area contributed by atoms with Gasteiger partial charge in [0, 0.05) is 28.5 Å². The molecule has 3 rings (SSSR count). The molecule has 0 bridgehead atoms. The molecule has 0 saturated heterocycles. The van der Waals surface area contributed by atoms with E-state index in [0.29, 0.717) is 12.8 Å². The Morgan fingerprint density at radius 3 is 2.87 bits per heavy atom. The molecule has 0 spiro atoms. The summed E-state index contributed by atoms with van der Waals surface area (Å²) in [6.07, 6.45) is 3.08. The number of carbonyl (C=O) groups excluding carboxylic acids is 1. The van der Waals surface area contributed by atoms with E-state index < -0.39 is 0 Å². The Morgan fingerprint density at radius 1 is 1.26 bits per heavy atom. The SMILES string of the molecule is Cc1cc(NC(=O)CCc2c(C)nc3ccccn23)ccc1Br. The Bertz CT molecular complexity index is 870. The van der Waals surface area contributed by atoms with Gasteiger partial charge in [-0.15, -0.1) is 0 Å². The van der Waals surface area contributed by atoms with Crippen LogP contribution in [0.3, 0.4) is 0 Å². The Morgan fingerprint density at radius 2 is 2.09 bits per heavy atom. The summed E-state index contributed by atoms with van der Waals surface area (Å²) in [6.45, 7) is 3.99. The molecule has 2 aromatic heterocycles. The van der Waals surface area contributed by atoms with E-state index in [1.165, 1.54) is 0 Å². The predicted molar refractivity (Wildman–Crippen MR) is 95.8 cm³/mol. The molecule has 0 atom stereocenters. The number of halogens is 1. The molecule has 0 unspecified atom stereocenters. The monoisotopic (exact) mass is 371 g/mol. The van der Waals surface area contributed by atoms with Crippen LogP contribution >= 0.6 is 15.9 Å². The number of hydrogen-bond donors (Lipinski definition) is 1. The summed E-state index contributed by atoms with van der Waals surface area (Å²) in [5.74, 6) is 0.0111. The molecule has 0 aliphatic heterocycles. The van der Waals surface area contributed by atoms with Crippen LogP contribution in [0.25, 0.3) is 5.65 Å². The van der Waals surface area contributed by atoms with E-state index in [1.54, 1.807) is 0 Å². The summed E-state index contributed by atoms with van der Waals surface area (Å²) in [7, 11) is 0. The maximum Gasteiger partial charge on any atom is 0.224 e. The molecule has 3 aromatic rings. The van der Waals surface area contributed by atoms with Crippen molar-refractivity contribution in [2.45, 2.75) is 26.7 Å². The highest BCUT2D eigenvalue weighted by Crippen LogP contribution is 2.20. The minimum absolute atomic E-state index is 0.0111. The van der Waals surface area contributed by atoms with Crippen LogP contribution < -0.4 is 5.32 Å². The lowest BCUT2D eigenvalue weighted by atomic mass is 10.2. The lowest BCUT2D eigenvalue weighted by Gasteiger charge is -2.07. The number of pyridine rings is 1. The second kappa shape index (κ2) is 6.54. The van der Waals surface area contributed by atoms with E-state index in [9.17, 15) is 4.79 Å². The summed E-state index contributed by atoms with van der Waals surface area (Å²) < 4.78 is 3.09. The molecule has 5 heteroatoms. The van der Waals surface area contributed by atoms with Crippen molar-refractivity contribution in [2.24, 2.45) is 0 Å². The molecule has 1 amide bonds. The summed E-state index contributed by atoms with van der Waals surface area (Å²) in [5.41, 5.74) is 4.90. The van der Waals surface area contributed by atoms with Gasteiger partial charge in [0.05, 0.1) is 5.69 Å². The topological polar surface area (TPSA) is 46.4 Å². The number of hydrogen-bond acceptors (Lipinski definition) is 2.